The zero-order chi connectivity index (χ0) is 12.2. The summed E-state index contributed by atoms with van der Waals surface area (Å²) < 4.78 is 5.17. The SMILES string of the molecule is C(=N\c1nc(-c2ccccc2)cs1)/c1ccco1. The third kappa shape index (κ3) is 2.38. The van der Waals surface area contributed by atoms with Gasteiger partial charge in [-0.3, -0.25) is 0 Å². The largest absolute Gasteiger partial charge is 0.463 e. The molecule has 1 aromatic carbocycles. The van der Waals surface area contributed by atoms with Crippen LogP contribution in [0.15, 0.2) is 63.5 Å². The number of hydrogen-bond donors (Lipinski definition) is 0. The number of benzene rings is 1. The van der Waals surface area contributed by atoms with Crippen molar-refractivity contribution in [2.45, 2.75) is 0 Å². The molecule has 0 unspecified atom stereocenters. The third-order valence-corrected chi connectivity index (χ3v) is 3.16. The van der Waals surface area contributed by atoms with Gasteiger partial charge in [-0.1, -0.05) is 30.3 Å². The summed E-state index contributed by atoms with van der Waals surface area (Å²) in [5.74, 6) is 0.728. The van der Waals surface area contributed by atoms with Gasteiger partial charge in [0, 0.05) is 10.9 Å². The number of aromatic nitrogens is 1. The first-order valence-electron chi connectivity index (χ1n) is 5.50. The Morgan fingerprint density at radius 1 is 1.11 bits per heavy atom. The minimum absolute atomic E-state index is 0.727. The topological polar surface area (TPSA) is 38.4 Å². The van der Waals surface area contributed by atoms with Crippen molar-refractivity contribution in [3.8, 4) is 11.3 Å². The molecule has 4 heteroatoms. The van der Waals surface area contributed by atoms with E-state index in [-0.39, 0.29) is 0 Å². The maximum absolute atomic E-state index is 5.17. The Morgan fingerprint density at radius 3 is 2.78 bits per heavy atom. The highest BCUT2D eigenvalue weighted by atomic mass is 32.1. The lowest BCUT2D eigenvalue weighted by Gasteiger charge is -1.92. The van der Waals surface area contributed by atoms with E-state index >= 15 is 0 Å². The van der Waals surface area contributed by atoms with Gasteiger partial charge >= 0.3 is 0 Å². The van der Waals surface area contributed by atoms with Crippen molar-refractivity contribution in [2.24, 2.45) is 4.99 Å². The van der Waals surface area contributed by atoms with E-state index in [2.05, 4.69) is 9.98 Å². The van der Waals surface area contributed by atoms with E-state index in [0.29, 0.717) is 0 Å². The molecule has 0 bridgehead atoms. The second kappa shape index (κ2) is 4.98. The summed E-state index contributed by atoms with van der Waals surface area (Å²) in [6.07, 6.45) is 3.30. The highest BCUT2D eigenvalue weighted by molar-refractivity contribution is 7.13. The van der Waals surface area contributed by atoms with Crippen LogP contribution >= 0.6 is 11.3 Å². The first kappa shape index (κ1) is 10.9. The Bertz CT molecular complexity index is 642. The maximum atomic E-state index is 5.17. The molecule has 0 saturated carbocycles. The van der Waals surface area contributed by atoms with Crippen LogP contribution in [0.5, 0.6) is 0 Å². The van der Waals surface area contributed by atoms with Gasteiger partial charge in [-0.2, -0.15) is 0 Å². The van der Waals surface area contributed by atoms with Gasteiger partial charge < -0.3 is 4.42 Å². The van der Waals surface area contributed by atoms with Crippen LogP contribution in [0.25, 0.3) is 11.3 Å². The molecule has 0 fully saturated rings. The molecule has 2 heterocycles. The summed E-state index contributed by atoms with van der Waals surface area (Å²) in [7, 11) is 0. The van der Waals surface area contributed by atoms with E-state index in [0.717, 1.165) is 22.1 Å². The number of rotatable bonds is 3. The van der Waals surface area contributed by atoms with E-state index < -0.39 is 0 Å². The van der Waals surface area contributed by atoms with Gasteiger partial charge in [0.05, 0.1) is 18.2 Å². The molecule has 0 N–H and O–H groups in total. The van der Waals surface area contributed by atoms with Crippen molar-refractivity contribution in [3.05, 3.63) is 59.9 Å². The molecule has 2 aromatic heterocycles. The minimum atomic E-state index is 0.727. The molecule has 0 atom stereocenters. The van der Waals surface area contributed by atoms with Crippen LogP contribution in [0.1, 0.15) is 5.76 Å². The molecule has 0 aliphatic heterocycles. The molecule has 88 valence electrons. The number of thiazole rings is 1. The minimum Gasteiger partial charge on any atom is -0.463 e. The molecule has 0 spiro atoms. The highest BCUT2D eigenvalue weighted by Gasteiger charge is 2.02. The van der Waals surface area contributed by atoms with Crippen LogP contribution in [-0.2, 0) is 0 Å². The summed E-state index contributed by atoms with van der Waals surface area (Å²) in [6, 6.07) is 13.8. The van der Waals surface area contributed by atoms with E-state index in [4.69, 9.17) is 4.42 Å². The van der Waals surface area contributed by atoms with Crippen LogP contribution in [0.4, 0.5) is 5.13 Å². The van der Waals surface area contributed by atoms with Gasteiger partial charge in [-0.05, 0) is 12.1 Å². The zero-order valence-corrected chi connectivity index (χ0v) is 10.3. The van der Waals surface area contributed by atoms with E-state index in [1.807, 2.05) is 47.8 Å². The van der Waals surface area contributed by atoms with Gasteiger partial charge in [0.2, 0.25) is 5.13 Å². The van der Waals surface area contributed by atoms with Gasteiger partial charge in [0.15, 0.2) is 0 Å². The van der Waals surface area contributed by atoms with Gasteiger partial charge in [-0.15, -0.1) is 11.3 Å². The normalized spacial score (nSPS) is 11.1. The molecule has 0 saturated heterocycles. The smallest absolute Gasteiger partial charge is 0.209 e. The highest BCUT2D eigenvalue weighted by Crippen LogP contribution is 2.26. The number of furan rings is 1. The van der Waals surface area contributed by atoms with Crippen LogP contribution in [0.2, 0.25) is 0 Å². The molecule has 0 aliphatic carbocycles. The Balaban J connectivity index is 1.82. The van der Waals surface area contributed by atoms with Crippen LogP contribution < -0.4 is 0 Å². The Morgan fingerprint density at radius 2 is 2.00 bits per heavy atom. The Hall–Kier alpha value is -2.20. The van der Waals surface area contributed by atoms with E-state index in [9.17, 15) is 0 Å². The van der Waals surface area contributed by atoms with Crippen molar-refractivity contribution < 1.29 is 4.42 Å². The number of nitrogens with zero attached hydrogens (tertiary/aromatic N) is 2. The zero-order valence-electron chi connectivity index (χ0n) is 9.48. The monoisotopic (exact) mass is 254 g/mol. The van der Waals surface area contributed by atoms with Crippen molar-refractivity contribution in [1.29, 1.82) is 0 Å². The molecule has 0 amide bonds. The van der Waals surface area contributed by atoms with Crippen LogP contribution in [0, 0.1) is 0 Å². The average Bonchev–Trinajstić information content (AvgIpc) is 3.09. The van der Waals surface area contributed by atoms with Crippen LogP contribution in [-0.4, -0.2) is 11.2 Å². The van der Waals surface area contributed by atoms with E-state index in [1.165, 1.54) is 11.3 Å². The number of hydrogen-bond acceptors (Lipinski definition) is 4. The molecule has 3 aromatic rings. The fourth-order valence-corrected chi connectivity index (χ4v) is 2.22. The Kier molecular flexibility index (Phi) is 3.02. The first-order chi connectivity index (χ1) is 8.92. The third-order valence-electron chi connectivity index (χ3n) is 2.41. The summed E-state index contributed by atoms with van der Waals surface area (Å²) >= 11 is 1.52. The predicted molar refractivity (Wildman–Crippen MR) is 73.5 cm³/mol. The first-order valence-corrected chi connectivity index (χ1v) is 6.38. The number of aliphatic imine (C=N–C) groups is 1. The summed E-state index contributed by atoms with van der Waals surface area (Å²) in [6.45, 7) is 0. The van der Waals surface area contributed by atoms with Crippen LogP contribution in [0.3, 0.4) is 0 Å². The van der Waals surface area contributed by atoms with Gasteiger partial charge in [-0.25, -0.2) is 9.98 Å². The lowest BCUT2D eigenvalue weighted by molar-refractivity contribution is 0.560. The molecule has 0 radical (unpaired) electrons. The van der Waals surface area contributed by atoms with Crippen molar-refractivity contribution in [2.75, 3.05) is 0 Å². The maximum Gasteiger partial charge on any atom is 0.209 e. The molecule has 3 rings (SSSR count). The molecule has 0 aliphatic rings. The lowest BCUT2D eigenvalue weighted by Crippen LogP contribution is -1.76. The fraction of sp³-hybridized carbons (Fsp3) is 0. The summed E-state index contributed by atoms with van der Waals surface area (Å²) in [4.78, 5) is 8.74. The van der Waals surface area contributed by atoms with E-state index in [1.54, 1.807) is 12.5 Å². The van der Waals surface area contributed by atoms with Gasteiger partial charge in [0.25, 0.3) is 0 Å². The fourth-order valence-electron chi connectivity index (χ4n) is 1.55. The summed E-state index contributed by atoms with van der Waals surface area (Å²) in [5.41, 5.74) is 2.06. The molecular formula is C14H10N2OS. The second-order valence-corrected chi connectivity index (χ2v) is 4.49. The predicted octanol–water partition coefficient (Wildman–Crippen LogP) is 4.15. The lowest BCUT2D eigenvalue weighted by atomic mass is 10.2. The van der Waals surface area contributed by atoms with Crippen molar-refractivity contribution in [1.82, 2.24) is 4.98 Å². The molecule has 3 nitrogen and oxygen atoms in total. The Labute approximate surface area is 108 Å². The second-order valence-electron chi connectivity index (χ2n) is 3.65. The molecule has 18 heavy (non-hydrogen) atoms. The van der Waals surface area contributed by atoms with Crippen molar-refractivity contribution in [3.63, 3.8) is 0 Å². The van der Waals surface area contributed by atoms with Gasteiger partial charge in [0.1, 0.15) is 5.76 Å². The average molecular weight is 254 g/mol. The quantitative estimate of drug-likeness (QED) is 0.658. The van der Waals surface area contributed by atoms with Crippen molar-refractivity contribution >= 4 is 22.7 Å². The summed E-state index contributed by atoms with van der Waals surface area (Å²) in [5, 5.41) is 2.73. The standard InChI is InChI=1S/C14H10N2OS/c1-2-5-11(6-3-1)13-10-18-14(16-13)15-9-12-7-4-8-17-12/h1-10H/b15-9+. The molecular weight excluding hydrogens is 244 g/mol.